The zero-order valence-corrected chi connectivity index (χ0v) is 14.4. The molecule has 1 unspecified atom stereocenters. The highest BCUT2D eigenvalue weighted by Crippen LogP contribution is 2.24. The number of ether oxygens (including phenoxy) is 1. The molecule has 0 radical (unpaired) electrons. The van der Waals surface area contributed by atoms with Crippen molar-refractivity contribution in [3.8, 4) is 0 Å². The average Bonchev–Trinajstić information content (AvgIpc) is 2.76. The Morgan fingerprint density at radius 3 is 2.85 bits per heavy atom. The lowest BCUT2D eigenvalue weighted by atomic mass is 10.0. The van der Waals surface area contributed by atoms with Gasteiger partial charge < -0.3 is 9.64 Å². The Bertz CT molecular complexity index is 427. The number of rotatable bonds is 6. The van der Waals surface area contributed by atoms with E-state index in [1.807, 2.05) is 0 Å². The fourth-order valence-corrected chi connectivity index (χ4v) is 3.57. The Kier molecular flexibility index (Phi) is 6.05. The molecule has 1 aromatic rings. The minimum absolute atomic E-state index is 0.677. The largest absolute Gasteiger partial charge is 0.381 e. The van der Waals surface area contributed by atoms with Gasteiger partial charge in [-0.05, 0) is 55.1 Å². The minimum Gasteiger partial charge on any atom is -0.381 e. The summed E-state index contributed by atoms with van der Waals surface area (Å²) < 4.78 is 8.88. The van der Waals surface area contributed by atoms with E-state index in [2.05, 4.69) is 51.5 Å². The molecule has 2 heterocycles. The molecule has 0 N–H and O–H groups in total. The number of aromatic nitrogens is 2. The minimum atomic E-state index is 0.677. The van der Waals surface area contributed by atoms with Gasteiger partial charge in [-0.25, -0.2) is 0 Å². The van der Waals surface area contributed by atoms with E-state index in [9.17, 15) is 0 Å². The first kappa shape index (κ1) is 16.0. The quantitative estimate of drug-likeness (QED) is 0.795. The van der Waals surface area contributed by atoms with Crippen LogP contribution < -0.4 is 0 Å². The van der Waals surface area contributed by atoms with Gasteiger partial charge in [0.05, 0.1) is 22.5 Å². The third-order valence-electron chi connectivity index (χ3n) is 3.94. The smallest absolute Gasteiger partial charge is 0.0767 e. The van der Waals surface area contributed by atoms with Crippen molar-refractivity contribution in [2.24, 2.45) is 5.92 Å². The van der Waals surface area contributed by atoms with Crippen LogP contribution in [0, 0.1) is 5.92 Å². The van der Waals surface area contributed by atoms with Crippen LogP contribution in [0.15, 0.2) is 4.47 Å². The second kappa shape index (κ2) is 7.57. The Hall–Kier alpha value is -0.390. The van der Waals surface area contributed by atoms with Crippen molar-refractivity contribution in [2.45, 2.75) is 46.2 Å². The molecule has 0 aliphatic carbocycles. The monoisotopic (exact) mass is 343 g/mol. The maximum atomic E-state index is 5.57. The van der Waals surface area contributed by atoms with Crippen LogP contribution in [-0.2, 0) is 24.2 Å². The SMILES string of the molecule is CCc1nn(CC)c(CN(C)CC2CCCOC2)c1Br. The molecule has 1 atom stereocenters. The van der Waals surface area contributed by atoms with E-state index in [1.54, 1.807) is 0 Å². The molecule has 1 fully saturated rings. The van der Waals surface area contributed by atoms with Gasteiger partial charge in [0.25, 0.3) is 0 Å². The number of nitrogens with zero attached hydrogens (tertiary/aromatic N) is 3. The summed E-state index contributed by atoms with van der Waals surface area (Å²) in [7, 11) is 2.19. The third-order valence-corrected chi connectivity index (χ3v) is 4.85. The standard InChI is InChI=1S/C15H26BrN3O/c1-4-13-15(16)14(19(5-2)17-13)10-18(3)9-12-7-6-8-20-11-12/h12H,4-11H2,1-3H3. The Morgan fingerprint density at radius 2 is 2.25 bits per heavy atom. The van der Waals surface area contributed by atoms with Crippen LogP contribution in [-0.4, -0.2) is 41.5 Å². The van der Waals surface area contributed by atoms with E-state index in [1.165, 1.54) is 23.0 Å². The molecule has 1 aliphatic rings. The van der Waals surface area contributed by atoms with Crippen LogP contribution in [0.25, 0.3) is 0 Å². The summed E-state index contributed by atoms with van der Waals surface area (Å²) in [5, 5.41) is 4.67. The molecule has 114 valence electrons. The topological polar surface area (TPSA) is 30.3 Å². The van der Waals surface area contributed by atoms with Crippen molar-refractivity contribution in [2.75, 3.05) is 26.8 Å². The summed E-state index contributed by atoms with van der Waals surface area (Å²) >= 11 is 3.72. The van der Waals surface area contributed by atoms with Crippen LogP contribution in [0.5, 0.6) is 0 Å². The lowest BCUT2D eigenvalue weighted by Gasteiger charge is -2.27. The van der Waals surface area contributed by atoms with E-state index in [4.69, 9.17) is 4.74 Å². The molecular formula is C15H26BrN3O. The van der Waals surface area contributed by atoms with Crippen molar-refractivity contribution in [3.63, 3.8) is 0 Å². The molecule has 0 aromatic carbocycles. The van der Waals surface area contributed by atoms with Crippen molar-refractivity contribution in [3.05, 3.63) is 15.9 Å². The molecule has 4 nitrogen and oxygen atoms in total. The van der Waals surface area contributed by atoms with Crippen molar-refractivity contribution >= 4 is 15.9 Å². The highest BCUT2D eigenvalue weighted by atomic mass is 79.9. The molecule has 2 rings (SSSR count). The number of hydrogen-bond acceptors (Lipinski definition) is 3. The predicted octanol–water partition coefficient (Wildman–Crippen LogP) is 3.09. The summed E-state index contributed by atoms with van der Waals surface area (Å²) in [6.45, 7) is 9.12. The van der Waals surface area contributed by atoms with Gasteiger partial charge in [-0.15, -0.1) is 0 Å². The maximum absolute atomic E-state index is 5.57. The molecule has 0 spiro atoms. The first-order valence-corrected chi connectivity index (χ1v) is 8.45. The first-order chi connectivity index (χ1) is 9.65. The molecule has 0 amide bonds. The predicted molar refractivity (Wildman–Crippen MR) is 84.9 cm³/mol. The number of aryl methyl sites for hydroxylation is 2. The lowest BCUT2D eigenvalue weighted by molar-refractivity contribution is 0.0408. The molecule has 1 saturated heterocycles. The molecule has 0 saturated carbocycles. The van der Waals surface area contributed by atoms with E-state index < -0.39 is 0 Å². The molecule has 0 bridgehead atoms. The van der Waals surface area contributed by atoms with Gasteiger partial charge >= 0.3 is 0 Å². The summed E-state index contributed by atoms with van der Waals surface area (Å²) in [5.74, 6) is 0.677. The molecule has 20 heavy (non-hydrogen) atoms. The summed E-state index contributed by atoms with van der Waals surface area (Å²) in [6, 6.07) is 0. The fraction of sp³-hybridized carbons (Fsp3) is 0.800. The highest BCUT2D eigenvalue weighted by molar-refractivity contribution is 9.10. The van der Waals surface area contributed by atoms with Crippen LogP contribution >= 0.6 is 15.9 Å². The van der Waals surface area contributed by atoms with E-state index in [0.717, 1.165) is 45.0 Å². The normalized spacial score (nSPS) is 19.8. The Labute approximate surface area is 130 Å². The van der Waals surface area contributed by atoms with E-state index in [-0.39, 0.29) is 0 Å². The number of hydrogen-bond donors (Lipinski definition) is 0. The summed E-state index contributed by atoms with van der Waals surface area (Å²) in [5.41, 5.74) is 2.46. The second-order valence-corrected chi connectivity index (χ2v) is 6.45. The second-order valence-electron chi connectivity index (χ2n) is 5.66. The fourth-order valence-electron chi connectivity index (χ4n) is 2.88. The maximum Gasteiger partial charge on any atom is 0.0767 e. The van der Waals surface area contributed by atoms with Gasteiger partial charge in [0, 0.05) is 26.2 Å². The van der Waals surface area contributed by atoms with Gasteiger partial charge in [-0.3, -0.25) is 4.68 Å². The Morgan fingerprint density at radius 1 is 1.45 bits per heavy atom. The van der Waals surface area contributed by atoms with Gasteiger partial charge in [0.2, 0.25) is 0 Å². The van der Waals surface area contributed by atoms with Crippen molar-refractivity contribution < 1.29 is 4.74 Å². The lowest BCUT2D eigenvalue weighted by Crippen LogP contribution is -2.31. The summed E-state index contributed by atoms with van der Waals surface area (Å²) in [6.07, 6.45) is 3.47. The average molecular weight is 344 g/mol. The highest BCUT2D eigenvalue weighted by Gasteiger charge is 2.19. The van der Waals surface area contributed by atoms with Gasteiger partial charge in [0.1, 0.15) is 0 Å². The van der Waals surface area contributed by atoms with Gasteiger partial charge in [-0.2, -0.15) is 5.10 Å². The number of halogens is 1. The van der Waals surface area contributed by atoms with Crippen molar-refractivity contribution in [1.29, 1.82) is 0 Å². The van der Waals surface area contributed by atoms with Gasteiger partial charge in [0.15, 0.2) is 0 Å². The third kappa shape index (κ3) is 3.83. The Balaban J connectivity index is 1.99. The van der Waals surface area contributed by atoms with Gasteiger partial charge in [-0.1, -0.05) is 6.92 Å². The zero-order chi connectivity index (χ0) is 14.5. The van der Waals surface area contributed by atoms with E-state index in [0.29, 0.717) is 5.92 Å². The molecule has 1 aromatic heterocycles. The zero-order valence-electron chi connectivity index (χ0n) is 12.9. The molecule has 1 aliphatic heterocycles. The first-order valence-electron chi connectivity index (χ1n) is 7.66. The van der Waals surface area contributed by atoms with Crippen LogP contribution in [0.2, 0.25) is 0 Å². The molecule has 5 heteroatoms. The van der Waals surface area contributed by atoms with Crippen LogP contribution in [0.4, 0.5) is 0 Å². The van der Waals surface area contributed by atoms with Crippen LogP contribution in [0.3, 0.4) is 0 Å². The van der Waals surface area contributed by atoms with Crippen LogP contribution in [0.1, 0.15) is 38.1 Å². The molecular weight excluding hydrogens is 318 g/mol. The summed E-state index contributed by atoms with van der Waals surface area (Å²) in [4.78, 5) is 2.40. The van der Waals surface area contributed by atoms with Crippen molar-refractivity contribution in [1.82, 2.24) is 14.7 Å². The van der Waals surface area contributed by atoms with E-state index >= 15 is 0 Å².